The minimum atomic E-state index is -0.356. The number of aryl methyl sites for hydroxylation is 1. The summed E-state index contributed by atoms with van der Waals surface area (Å²) in [5, 5.41) is 2.73. The number of hydrogen-bond donors (Lipinski definition) is 2. The van der Waals surface area contributed by atoms with Crippen molar-refractivity contribution in [3.05, 3.63) is 68.1 Å². The molecule has 0 bridgehead atoms. The van der Waals surface area contributed by atoms with Crippen LogP contribution >= 0.6 is 0 Å². The van der Waals surface area contributed by atoms with Crippen molar-refractivity contribution in [1.29, 1.82) is 0 Å². The SMILES string of the molecule is CCCCn1c(=O)n(CC=C(C)C)c(=O)c2[nH]c(Cc3ccc(NC(C)=O)cc3)nc21. The lowest BCUT2D eigenvalue weighted by Gasteiger charge is -2.09. The molecule has 3 aromatic rings. The van der Waals surface area contributed by atoms with E-state index < -0.39 is 0 Å². The van der Waals surface area contributed by atoms with Gasteiger partial charge in [0, 0.05) is 32.1 Å². The third-order valence-electron chi connectivity index (χ3n) is 4.97. The number of rotatable bonds is 8. The van der Waals surface area contributed by atoms with E-state index in [-0.39, 0.29) is 23.7 Å². The van der Waals surface area contributed by atoms with Crippen LogP contribution in [0.5, 0.6) is 0 Å². The van der Waals surface area contributed by atoms with E-state index in [0.717, 1.165) is 29.7 Å². The third-order valence-corrected chi connectivity index (χ3v) is 4.97. The van der Waals surface area contributed by atoms with Gasteiger partial charge in [-0.05, 0) is 38.0 Å². The van der Waals surface area contributed by atoms with Gasteiger partial charge in [-0.1, -0.05) is 37.1 Å². The van der Waals surface area contributed by atoms with Gasteiger partial charge in [-0.3, -0.25) is 18.7 Å². The van der Waals surface area contributed by atoms with Crippen molar-refractivity contribution in [2.75, 3.05) is 5.32 Å². The molecule has 164 valence electrons. The fourth-order valence-electron chi connectivity index (χ4n) is 3.35. The molecule has 0 spiro atoms. The maximum Gasteiger partial charge on any atom is 0.333 e. The molecule has 0 atom stereocenters. The number of nitrogens with zero attached hydrogens (tertiary/aromatic N) is 3. The van der Waals surface area contributed by atoms with Crippen LogP contribution in [-0.4, -0.2) is 25.0 Å². The Morgan fingerprint density at radius 3 is 2.45 bits per heavy atom. The average Bonchev–Trinajstić information content (AvgIpc) is 3.12. The van der Waals surface area contributed by atoms with E-state index in [1.165, 1.54) is 11.5 Å². The smallest absolute Gasteiger partial charge is 0.333 e. The number of aromatic amines is 1. The largest absolute Gasteiger partial charge is 0.336 e. The molecule has 0 unspecified atom stereocenters. The minimum Gasteiger partial charge on any atom is -0.336 e. The molecule has 8 nitrogen and oxygen atoms in total. The van der Waals surface area contributed by atoms with Crippen LogP contribution in [0.2, 0.25) is 0 Å². The number of unbranched alkanes of at least 4 members (excludes halogenated alkanes) is 1. The van der Waals surface area contributed by atoms with E-state index in [9.17, 15) is 14.4 Å². The second-order valence-electron chi connectivity index (χ2n) is 7.92. The number of fused-ring (bicyclic) bond motifs is 1. The number of hydrogen-bond acceptors (Lipinski definition) is 4. The Kier molecular flexibility index (Phi) is 6.89. The van der Waals surface area contributed by atoms with Gasteiger partial charge in [-0.25, -0.2) is 9.78 Å². The van der Waals surface area contributed by atoms with E-state index in [1.807, 2.05) is 44.2 Å². The Balaban J connectivity index is 2.02. The predicted molar refractivity (Wildman–Crippen MR) is 123 cm³/mol. The lowest BCUT2D eigenvalue weighted by atomic mass is 10.1. The zero-order chi connectivity index (χ0) is 22.5. The molecule has 0 fully saturated rings. The molecule has 3 rings (SSSR count). The van der Waals surface area contributed by atoms with Crippen LogP contribution in [-0.2, 0) is 24.3 Å². The molecule has 1 aromatic carbocycles. The molecular weight excluding hydrogens is 394 g/mol. The average molecular weight is 424 g/mol. The molecule has 31 heavy (non-hydrogen) atoms. The van der Waals surface area contributed by atoms with Crippen molar-refractivity contribution in [3.63, 3.8) is 0 Å². The van der Waals surface area contributed by atoms with Crippen LogP contribution in [0.4, 0.5) is 5.69 Å². The first kappa shape index (κ1) is 22.3. The van der Waals surface area contributed by atoms with Crippen LogP contribution in [0.15, 0.2) is 45.5 Å². The van der Waals surface area contributed by atoms with Gasteiger partial charge >= 0.3 is 5.69 Å². The zero-order valence-electron chi connectivity index (χ0n) is 18.5. The lowest BCUT2D eigenvalue weighted by molar-refractivity contribution is -0.114. The summed E-state index contributed by atoms with van der Waals surface area (Å²) in [5.41, 5.74) is 2.80. The van der Waals surface area contributed by atoms with E-state index in [0.29, 0.717) is 30.0 Å². The highest BCUT2D eigenvalue weighted by Crippen LogP contribution is 2.14. The normalized spacial score (nSPS) is 11.0. The lowest BCUT2D eigenvalue weighted by Crippen LogP contribution is -2.40. The molecule has 8 heteroatoms. The molecule has 2 N–H and O–H groups in total. The number of allylic oxidation sites excluding steroid dienone is 2. The second-order valence-corrected chi connectivity index (χ2v) is 7.92. The number of carbonyl (C=O) groups is 1. The summed E-state index contributed by atoms with van der Waals surface area (Å²) in [6, 6.07) is 7.44. The summed E-state index contributed by atoms with van der Waals surface area (Å²) >= 11 is 0. The molecule has 0 aliphatic carbocycles. The highest BCUT2D eigenvalue weighted by molar-refractivity contribution is 5.88. The quantitative estimate of drug-likeness (QED) is 0.543. The van der Waals surface area contributed by atoms with Crippen molar-refractivity contribution < 1.29 is 4.79 Å². The van der Waals surface area contributed by atoms with Gasteiger partial charge < -0.3 is 10.3 Å². The molecule has 2 aromatic heterocycles. The third kappa shape index (κ3) is 5.20. The summed E-state index contributed by atoms with van der Waals surface area (Å²) in [4.78, 5) is 44.9. The Labute approximate surface area is 180 Å². The van der Waals surface area contributed by atoms with E-state index in [2.05, 4.69) is 22.2 Å². The number of nitrogens with one attached hydrogen (secondary N) is 2. The van der Waals surface area contributed by atoms with Crippen molar-refractivity contribution in [2.45, 2.75) is 60.0 Å². The Hall–Kier alpha value is -3.42. The van der Waals surface area contributed by atoms with Crippen molar-refractivity contribution in [1.82, 2.24) is 19.1 Å². The summed E-state index contributed by atoms with van der Waals surface area (Å²) in [5.74, 6) is 0.489. The number of benzene rings is 1. The van der Waals surface area contributed by atoms with Gasteiger partial charge in [0.1, 0.15) is 11.3 Å². The van der Waals surface area contributed by atoms with E-state index >= 15 is 0 Å². The topological polar surface area (TPSA) is 102 Å². The highest BCUT2D eigenvalue weighted by atomic mass is 16.2. The second kappa shape index (κ2) is 9.59. The summed E-state index contributed by atoms with van der Waals surface area (Å²) in [6.45, 7) is 8.14. The molecule has 1 amide bonds. The molecule has 0 saturated carbocycles. The van der Waals surface area contributed by atoms with Crippen molar-refractivity contribution in [3.8, 4) is 0 Å². The monoisotopic (exact) mass is 423 g/mol. The fourth-order valence-corrected chi connectivity index (χ4v) is 3.35. The summed E-state index contributed by atoms with van der Waals surface area (Å²) in [7, 11) is 0. The first-order chi connectivity index (χ1) is 14.8. The maximum absolute atomic E-state index is 13.0. The highest BCUT2D eigenvalue weighted by Gasteiger charge is 2.17. The molecular formula is C23H29N5O3. The fraction of sp³-hybridized carbons (Fsp3) is 0.391. The van der Waals surface area contributed by atoms with Gasteiger partial charge in [0.15, 0.2) is 5.65 Å². The van der Waals surface area contributed by atoms with E-state index in [4.69, 9.17) is 0 Å². The minimum absolute atomic E-state index is 0.125. The molecule has 0 aliphatic heterocycles. The Morgan fingerprint density at radius 2 is 1.84 bits per heavy atom. The first-order valence-corrected chi connectivity index (χ1v) is 10.5. The van der Waals surface area contributed by atoms with Crippen LogP contribution in [0.1, 0.15) is 51.9 Å². The van der Waals surface area contributed by atoms with Gasteiger partial charge in [0.25, 0.3) is 5.56 Å². The van der Waals surface area contributed by atoms with Crippen molar-refractivity contribution >= 4 is 22.8 Å². The first-order valence-electron chi connectivity index (χ1n) is 10.5. The van der Waals surface area contributed by atoms with Crippen LogP contribution in [0.25, 0.3) is 11.2 Å². The standard InChI is InChI=1S/C23H29N5O3/c1-5-6-12-27-21-20(22(30)28(23(27)31)13-11-15(2)3)25-19(26-21)14-17-7-9-18(10-8-17)24-16(4)29/h7-11H,5-6,12-14H2,1-4H3,(H,24,29)(H,25,26). The molecule has 2 heterocycles. The number of H-pyrrole nitrogens is 1. The summed E-state index contributed by atoms with van der Waals surface area (Å²) < 4.78 is 2.86. The van der Waals surface area contributed by atoms with Crippen molar-refractivity contribution in [2.24, 2.45) is 0 Å². The van der Waals surface area contributed by atoms with Crippen LogP contribution in [0.3, 0.4) is 0 Å². The number of imidazole rings is 1. The Bertz CT molecular complexity index is 1230. The molecule has 0 saturated heterocycles. The molecule has 0 radical (unpaired) electrons. The van der Waals surface area contributed by atoms with Gasteiger partial charge in [0.2, 0.25) is 5.91 Å². The van der Waals surface area contributed by atoms with Gasteiger partial charge in [-0.2, -0.15) is 0 Å². The number of amides is 1. The number of carbonyl (C=O) groups excluding carboxylic acids is 1. The number of anilines is 1. The maximum atomic E-state index is 13.0. The Morgan fingerprint density at radius 1 is 1.13 bits per heavy atom. The summed E-state index contributed by atoms with van der Waals surface area (Å²) in [6.07, 6.45) is 4.10. The van der Waals surface area contributed by atoms with Gasteiger partial charge in [0.05, 0.1) is 0 Å². The molecule has 0 aliphatic rings. The van der Waals surface area contributed by atoms with E-state index in [1.54, 1.807) is 4.57 Å². The van der Waals surface area contributed by atoms with Crippen LogP contribution in [0, 0.1) is 0 Å². The zero-order valence-corrected chi connectivity index (χ0v) is 18.5. The number of aromatic nitrogens is 4. The van der Waals surface area contributed by atoms with Crippen LogP contribution < -0.4 is 16.6 Å². The van der Waals surface area contributed by atoms with Gasteiger partial charge in [-0.15, -0.1) is 0 Å². The predicted octanol–water partition coefficient (Wildman–Crippen LogP) is 3.20.